The molecule has 2 aromatic rings. The molecule has 1 spiro atoms. The van der Waals surface area contributed by atoms with Crippen molar-refractivity contribution in [2.24, 2.45) is 11.8 Å². The number of aliphatic hydroxyl groups is 1. The zero-order valence-corrected chi connectivity index (χ0v) is 22.5. The van der Waals surface area contributed by atoms with Crippen LogP contribution in [0, 0.1) is 11.8 Å². The Balaban J connectivity index is 1.64. The number of hydrogen-bond acceptors (Lipinski definition) is 6. The van der Waals surface area contributed by atoms with Gasteiger partial charge >= 0.3 is 6.09 Å². The first-order valence-corrected chi connectivity index (χ1v) is 13.2. The van der Waals surface area contributed by atoms with Crippen LogP contribution < -0.4 is 14.5 Å². The van der Waals surface area contributed by atoms with Gasteiger partial charge in [0.15, 0.2) is 5.60 Å². The standard InChI is InChI=1S/C30H36N2O6/c1-6-14-32-24-12-9-21(31-15-17-37-28(31)35)18-23(24)30(27(32)34)19(2)26(25(38-30)13-16-33)29(3,4)20-7-10-22(36-5)11-8-20/h6-12,18-19,25-26,33H,1,13-17H2,2-5H3/t19-,25+,26-,30+/m1/s1. The van der Waals surface area contributed by atoms with Crippen LogP contribution in [0.5, 0.6) is 5.75 Å². The quantitative estimate of drug-likeness (QED) is 0.520. The van der Waals surface area contributed by atoms with Crippen molar-refractivity contribution in [1.29, 1.82) is 0 Å². The number of cyclic esters (lactones) is 1. The predicted molar refractivity (Wildman–Crippen MR) is 145 cm³/mol. The number of rotatable bonds is 8. The van der Waals surface area contributed by atoms with Gasteiger partial charge in [0.1, 0.15) is 12.4 Å². The fourth-order valence-corrected chi connectivity index (χ4v) is 6.80. The number of carbonyl (C=O) groups is 2. The molecule has 0 saturated carbocycles. The van der Waals surface area contributed by atoms with Crippen LogP contribution in [0.3, 0.4) is 0 Å². The Morgan fingerprint density at radius 2 is 1.95 bits per heavy atom. The Labute approximate surface area is 223 Å². The van der Waals surface area contributed by atoms with E-state index in [1.165, 1.54) is 0 Å². The summed E-state index contributed by atoms with van der Waals surface area (Å²) in [6.45, 7) is 11.3. The molecular weight excluding hydrogens is 484 g/mol. The minimum absolute atomic E-state index is 0.0558. The van der Waals surface area contributed by atoms with Crippen molar-refractivity contribution in [3.8, 4) is 5.75 Å². The number of nitrogens with zero attached hydrogens (tertiary/aromatic N) is 2. The molecule has 2 fully saturated rings. The molecule has 3 aliphatic heterocycles. The fourth-order valence-electron chi connectivity index (χ4n) is 6.80. The van der Waals surface area contributed by atoms with Crippen LogP contribution in [0.2, 0.25) is 0 Å². The van der Waals surface area contributed by atoms with Gasteiger partial charge in [-0.15, -0.1) is 6.58 Å². The summed E-state index contributed by atoms with van der Waals surface area (Å²) >= 11 is 0. The molecule has 0 radical (unpaired) electrons. The van der Waals surface area contributed by atoms with Gasteiger partial charge in [0.05, 0.1) is 25.4 Å². The first-order valence-electron chi connectivity index (χ1n) is 13.2. The number of amides is 2. The monoisotopic (exact) mass is 520 g/mol. The molecule has 202 valence electrons. The highest BCUT2D eigenvalue weighted by atomic mass is 16.6. The van der Waals surface area contributed by atoms with Gasteiger partial charge in [-0.05, 0) is 47.7 Å². The van der Waals surface area contributed by atoms with Crippen molar-refractivity contribution in [3.05, 3.63) is 66.2 Å². The van der Waals surface area contributed by atoms with Crippen molar-refractivity contribution < 1.29 is 28.9 Å². The minimum Gasteiger partial charge on any atom is -0.497 e. The molecule has 8 nitrogen and oxygen atoms in total. The molecular formula is C30H36N2O6. The molecule has 2 aromatic carbocycles. The Morgan fingerprint density at radius 3 is 2.55 bits per heavy atom. The zero-order valence-electron chi connectivity index (χ0n) is 22.5. The molecule has 2 saturated heterocycles. The molecule has 0 bridgehead atoms. The van der Waals surface area contributed by atoms with E-state index in [9.17, 15) is 14.7 Å². The third-order valence-corrected chi connectivity index (χ3v) is 8.62. The highest BCUT2D eigenvalue weighted by molar-refractivity contribution is 6.08. The van der Waals surface area contributed by atoms with E-state index < -0.39 is 17.1 Å². The highest BCUT2D eigenvalue weighted by Crippen LogP contribution is 2.60. The molecule has 4 atom stereocenters. The maximum Gasteiger partial charge on any atom is 0.414 e. The second-order valence-corrected chi connectivity index (χ2v) is 10.8. The van der Waals surface area contributed by atoms with Gasteiger partial charge < -0.3 is 24.2 Å². The van der Waals surface area contributed by atoms with E-state index in [-0.39, 0.29) is 30.5 Å². The van der Waals surface area contributed by atoms with Gasteiger partial charge in [-0.2, -0.15) is 0 Å². The van der Waals surface area contributed by atoms with Crippen LogP contribution in [0.4, 0.5) is 16.2 Å². The first kappa shape index (κ1) is 26.3. The molecule has 3 aliphatic rings. The van der Waals surface area contributed by atoms with Crippen LogP contribution in [0.25, 0.3) is 0 Å². The van der Waals surface area contributed by atoms with Crippen LogP contribution >= 0.6 is 0 Å². The molecule has 0 unspecified atom stereocenters. The van der Waals surface area contributed by atoms with Crippen molar-refractivity contribution in [1.82, 2.24) is 0 Å². The largest absolute Gasteiger partial charge is 0.497 e. The van der Waals surface area contributed by atoms with E-state index in [1.807, 2.05) is 30.3 Å². The van der Waals surface area contributed by atoms with E-state index >= 15 is 0 Å². The first-order chi connectivity index (χ1) is 18.2. The topological polar surface area (TPSA) is 88.5 Å². The van der Waals surface area contributed by atoms with Crippen LogP contribution in [0.1, 0.15) is 38.3 Å². The summed E-state index contributed by atoms with van der Waals surface area (Å²) < 4.78 is 17.4. The molecule has 3 heterocycles. The van der Waals surface area contributed by atoms with E-state index in [1.54, 1.807) is 23.0 Å². The smallest absolute Gasteiger partial charge is 0.414 e. The van der Waals surface area contributed by atoms with Crippen LogP contribution in [0.15, 0.2) is 55.1 Å². The summed E-state index contributed by atoms with van der Waals surface area (Å²) in [7, 11) is 1.64. The van der Waals surface area contributed by atoms with Crippen LogP contribution in [-0.4, -0.2) is 56.6 Å². The Bertz CT molecular complexity index is 1240. The lowest BCUT2D eigenvalue weighted by Crippen LogP contribution is -2.46. The average Bonchev–Trinajstić information content (AvgIpc) is 3.54. The van der Waals surface area contributed by atoms with Crippen molar-refractivity contribution in [3.63, 3.8) is 0 Å². The molecule has 0 aliphatic carbocycles. The second-order valence-electron chi connectivity index (χ2n) is 10.8. The lowest BCUT2D eigenvalue weighted by atomic mass is 9.63. The second kappa shape index (κ2) is 9.75. The van der Waals surface area contributed by atoms with E-state index in [2.05, 4.69) is 39.5 Å². The third-order valence-electron chi connectivity index (χ3n) is 8.62. The van der Waals surface area contributed by atoms with Gasteiger partial charge in [-0.25, -0.2) is 4.79 Å². The van der Waals surface area contributed by atoms with Crippen LogP contribution in [-0.2, 0) is 25.3 Å². The SMILES string of the molecule is C=CCN1C(=O)[C@@]2(O[C@@H](CCO)[C@H](C(C)(C)c3ccc(OC)cc3)[C@H]2C)c2cc(N3CCOC3=O)ccc21. The van der Waals surface area contributed by atoms with Gasteiger partial charge in [-0.1, -0.05) is 39.0 Å². The normalized spacial score (nSPS) is 26.7. The average molecular weight is 521 g/mol. The summed E-state index contributed by atoms with van der Waals surface area (Å²) in [6, 6.07) is 13.6. The number of fused-ring (bicyclic) bond motifs is 2. The molecule has 38 heavy (non-hydrogen) atoms. The number of ether oxygens (including phenoxy) is 3. The van der Waals surface area contributed by atoms with E-state index in [0.29, 0.717) is 31.8 Å². The lowest BCUT2D eigenvalue weighted by molar-refractivity contribution is -0.146. The van der Waals surface area contributed by atoms with Gasteiger partial charge in [0.2, 0.25) is 0 Å². The predicted octanol–water partition coefficient (Wildman–Crippen LogP) is 4.39. The minimum atomic E-state index is -1.26. The molecule has 5 rings (SSSR count). The van der Waals surface area contributed by atoms with E-state index in [4.69, 9.17) is 14.2 Å². The van der Waals surface area contributed by atoms with Crippen molar-refractivity contribution in [2.45, 2.75) is 44.3 Å². The summed E-state index contributed by atoms with van der Waals surface area (Å²) in [4.78, 5) is 29.9. The van der Waals surface area contributed by atoms with Gasteiger partial charge in [0.25, 0.3) is 5.91 Å². The summed E-state index contributed by atoms with van der Waals surface area (Å²) in [5, 5.41) is 10.0. The highest BCUT2D eigenvalue weighted by Gasteiger charge is 2.65. The number of carbonyl (C=O) groups excluding carboxylic acids is 2. The maximum atomic E-state index is 14.3. The maximum absolute atomic E-state index is 14.3. The Morgan fingerprint density at radius 1 is 1.21 bits per heavy atom. The Hall–Kier alpha value is -3.36. The number of benzene rings is 2. The number of hydrogen-bond donors (Lipinski definition) is 1. The number of aliphatic hydroxyl groups excluding tert-OH is 1. The zero-order chi connectivity index (χ0) is 27.2. The molecule has 2 amide bonds. The molecule has 8 heteroatoms. The number of methoxy groups -OCH3 is 1. The molecule has 0 aromatic heterocycles. The summed E-state index contributed by atoms with van der Waals surface area (Å²) in [6.07, 6.45) is 1.34. The molecule has 1 N–H and O–H groups in total. The lowest BCUT2D eigenvalue weighted by Gasteiger charge is -2.38. The fraction of sp³-hybridized carbons (Fsp3) is 0.467. The van der Waals surface area contributed by atoms with Gasteiger partial charge in [-0.3, -0.25) is 9.69 Å². The van der Waals surface area contributed by atoms with Gasteiger partial charge in [0, 0.05) is 36.2 Å². The summed E-state index contributed by atoms with van der Waals surface area (Å²) in [5.41, 5.74) is 1.62. The Kier molecular flexibility index (Phi) is 6.73. The summed E-state index contributed by atoms with van der Waals surface area (Å²) in [5.74, 6) is 0.301. The van der Waals surface area contributed by atoms with Crippen molar-refractivity contribution in [2.75, 3.05) is 43.2 Å². The third kappa shape index (κ3) is 3.81. The number of anilines is 2. The van der Waals surface area contributed by atoms with E-state index in [0.717, 1.165) is 22.6 Å². The van der Waals surface area contributed by atoms with Crippen molar-refractivity contribution >= 4 is 23.4 Å².